The van der Waals surface area contributed by atoms with Gasteiger partial charge in [0.1, 0.15) is 16.7 Å². The molecule has 0 spiro atoms. The number of thiazole rings is 1. The quantitative estimate of drug-likeness (QED) is 0.919. The Morgan fingerprint density at radius 2 is 2.32 bits per heavy atom. The lowest BCUT2D eigenvalue weighted by atomic mass is 10.1. The van der Waals surface area contributed by atoms with Gasteiger partial charge in [0.25, 0.3) is 0 Å². The van der Waals surface area contributed by atoms with Crippen molar-refractivity contribution >= 4 is 28.9 Å². The summed E-state index contributed by atoms with van der Waals surface area (Å²) < 4.78 is 13.4. The number of carboxylic acids is 1. The first-order chi connectivity index (χ1) is 9.06. The van der Waals surface area contributed by atoms with Crippen LogP contribution >= 0.6 is 22.9 Å². The van der Waals surface area contributed by atoms with Crippen LogP contribution in [0.4, 0.5) is 4.39 Å². The summed E-state index contributed by atoms with van der Waals surface area (Å²) in [7, 11) is 0. The van der Waals surface area contributed by atoms with Crippen molar-refractivity contribution in [2.24, 2.45) is 0 Å². The number of hydrogen-bond donors (Lipinski definition) is 1. The molecule has 1 aliphatic carbocycles. The Morgan fingerprint density at radius 3 is 3.00 bits per heavy atom. The van der Waals surface area contributed by atoms with Crippen LogP contribution in [0.25, 0.3) is 10.6 Å². The number of aryl methyl sites for hydroxylation is 1. The van der Waals surface area contributed by atoms with E-state index in [-0.39, 0.29) is 5.02 Å². The molecule has 0 radical (unpaired) electrons. The van der Waals surface area contributed by atoms with Crippen molar-refractivity contribution in [2.45, 2.75) is 18.8 Å². The molecule has 3 rings (SSSR count). The van der Waals surface area contributed by atoms with Gasteiger partial charge in [-0.05, 0) is 25.0 Å². The highest BCUT2D eigenvalue weighted by molar-refractivity contribution is 7.15. The van der Waals surface area contributed by atoms with Crippen LogP contribution in [0, 0.1) is 5.82 Å². The van der Waals surface area contributed by atoms with E-state index in [1.807, 2.05) is 0 Å². The summed E-state index contributed by atoms with van der Waals surface area (Å²) in [4.78, 5) is 16.4. The second-order valence-corrected chi connectivity index (χ2v) is 5.88. The molecule has 19 heavy (non-hydrogen) atoms. The standard InChI is InChI=1S/C13H9ClFNO2S/c14-8-3-1-6(5-9(8)15)12-16-11-7(13(17)18)2-4-10(11)19-12/h1,3,5,7H,2,4H2,(H,17,18). The van der Waals surface area contributed by atoms with E-state index in [9.17, 15) is 9.18 Å². The largest absolute Gasteiger partial charge is 0.481 e. The summed E-state index contributed by atoms with van der Waals surface area (Å²) in [5, 5.41) is 9.82. The van der Waals surface area contributed by atoms with Gasteiger partial charge in [-0.1, -0.05) is 17.7 Å². The molecule has 1 aromatic heterocycles. The molecule has 1 unspecified atom stereocenters. The molecule has 0 saturated heterocycles. The molecule has 1 atom stereocenters. The third kappa shape index (κ3) is 2.13. The maximum absolute atomic E-state index is 13.4. The Balaban J connectivity index is 2.02. The molecule has 0 amide bonds. The molecule has 3 nitrogen and oxygen atoms in total. The van der Waals surface area contributed by atoms with E-state index in [0.29, 0.717) is 22.7 Å². The number of carboxylic acid groups (broad SMARTS) is 1. The average molecular weight is 298 g/mol. The Kier molecular flexibility index (Phi) is 3.03. The van der Waals surface area contributed by atoms with Gasteiger partial charge in [-0.25, -0.2) is 9.37 Å². The van der Waals surface area contributed by atoms with E-state index in [4.69, 9.17) is 16.7 Å². The molecule has 1 aliphatic rings. The van der Waals surface area contributed by atoms with E-state index >= 15 is 0 Å². The number of benzene rings is 1. The van der Waals surface area contributed by atoms with Crippen molar-refractivity contribution in [1.29, 1.82) is 0 Å². The molecule has 1 aromatic carbocycles. The number of carbonyl (C=O) groups is 1. The predicted octanol–water partition coefficient (Wildman–Crippen LogP) is 3.72. The van der Waals surface area contributed by atoms with Crippen LogP contribution in [0.15, 0.2) is 18.2 Å². The number of aliphatic carboxylic acids is 1. The van der Waals surface area contributed by atoms with Gasteiger partial charge in [0.2, 0.25) is 0 Å². The van der Waals surface area contributed by atoms with Crippen LogP contribution in [-0.2, 0) is 11.2 Å². The number of hydrogen-bond acceptors (Lipinski definition) is 3. The monoisotopic (exact) mass is 297 g/mol. The smallest absolute Gasteiger partial charge is 0.312 e. The molecular formula is C13H9ClFNO2S. The normalized spacial score (nSPS) is 17.5. The molecule has 0 fully saturated rings. The SMILES string of the molecule is O=C(O)C1CCc2sc(-c3ccc(Cl)c(F)c3)nc21. The molecule has 0 aliphatic heterocycles. The number of fused-ring (bicyclic) bond motifs is 1. The van der Waals surface area contributed by atoms with Crippen molar-refractivity contribution in [3.8, 4) is 10.6 Å². The highest BCUT2D eigenvalue weighted by atomic mass is 35.5. The van der Waals surface area contributed by atoms with Crippen molar-refractivity contribution in [1.82, 2.24) is 4.98 Å². The minimum absolute atomic E-state index is 0.0660. The maximum atomic E-state index is 13.4. The second kappa shape index (κ2) is 4.58. The zero-order valence-corrected chi connectivity index (χ0v) is 11.3. The lowest BCUT2D eigenvalue weighted by Crippen LogP contribution is -2.08. The van der Waals surface area contributed by atoms with Crippen LogP contribution in [0.5, 0.6) is 0 Å². The van der Waals surface area contributed by atoms with Gasteiger partial charge in [-0.3, -0.25) is 4.79 Å². The van der Waals surface area contributed by atoms with E-state index in [0.717, 1.165) is 11.3 Å². The van der Waals surface area contributed by atoms with Gasteiger partial charge < -0.3 is 5.11 Å². The number of aromatic nitrogens is 1. The summed E-state index contributed by atoms with van der Waals surface area (Å²) in [5.41, 5.74) is 1.26. The summed E-state index contributed by atoms with van der Waals surface area (Å²) >= 11 is 7.06. The van der Waals surface area contributed by atoms with E-state index in [2.05, 4.69) is 4.98 Å². The fraction of sp³-hybridized carbons (Fsp3) is 0.231. The third-order valence-corrected chi connectivity index (χ3v) is 4.67. The number of nitrogens with zero attached hydrogens (tertiary/aromatic N) is 1. The fourth-order valence-corrected chi connectivity index (χ4v) is 3.47. The molecular weight excluding hydrogens is 289 g/mol. The van der Waals surface area contributed by atoms with Gasteiger partial charge in [-0.2, -0.15) is 0 Å². The van der Waals surface area contributed by atoms with Crippen molar-refractivity contribution in [3.63, 3.8) is 0 Å². The number of rotatable bonds is 2. The van der Waals surface area contributed by atoms with Crippen molar-refractivity contribution in [2.75, 3.05) is 0 Å². The zero-order chi connectivity index (χ0) is 13.6. The first-order valence-corrected chi connectivity index (χ1v) is 6.93. The van der Waals surface area contributed by atoms with Crippen LogP contribution < -0.4 is 0 Å². The van der Waals surface area contributed by atoms with Gasteiger partial charge in [0, 0.05) is 10.4 Å². The van der Waals surface area contributed by atoms with Gasteiger partial charge >= 0.3 is 5.97 Å². The first-order valence-electron chi connectivity index (χ1n) is 5.74. The fourth-order valence-electron chi connectivity index (χ4n) is 2.22. The summed E-state index contributed by atoms with van der Waals surface area (Å²) in [6.07, 6.45) is 1.32. The molecule has 0 bridgehead atoms. The van der Waals surface area contributed by atoms with Crippen LogP contribution in [0.3, 0.4) is 0 Å². The van der Waals surface area contributed by atoms with Crippen molar-refractivity contribution in [3.05, 3.63) is 39.6 Å². The Labute approximate surface area is 117 Å². The number of halogens is 2. The molecule has 1 N–H and O–H groups in total. The minimum Gasteiger partial charge on any atom is -0.481 e. The van der Waals surface area contributed by atoms with Gasteiger partial charge in [-0.15, -0.1) is 11.3 Å². The Morgan fingerprint density at radius 1 is 1.53 bits per heavy atom. The van der Waals surface area contributed by atoms with E-state index in [1.54, 1.807) is 6.07 Å². The summed E-state index contributed by atoms with van der Waals surface area (Å²) in [6, 6.07) is 4.49. The third-order valence-electron chi connectivity index (χ3n) is 3.18. The Hall–Kier alpha value is -1.46. The van der Waals surface area contributed by atoms with Crippen LogP contribution in [-0.4, -0.2) is 16.1 Å². The lowest BCUT2D eigenvalue weighted by molar-refractivity contribution is -0.138. The summed E-state index contributed by atoms with van der Waals surface area (Å²) in [5.74, 6) is -1.88. The molecule has 1 heterocycles. The predicted molar refractivity (Wildman–Crippen MR) is 71.2 cm³/mol. The van der Waals surface area contributed by atoms with Crippen molar-refractivity contribution < 1.29 is 14.3 Å². The zero-order valence-electron chi connectivity index (χ0n) is 9.69. The summed E-state index contributed by atoms with van der Waals surface area (Å²) in [6.45, 7) is 0. The molecule has 6 heteroatoms. The molecule has 0 saturated carbocycles. The van der Waals surface area contributed by atoms with Gasteiger partial charge in [0.15, 0.2) is 0 Å². The van der Waals surface area contributed by atoms with Gasteiger partial charge in [0.05, 0.1) is 10.7 Å². The molecule has 98 valence electrons. The second-order valence-electron chi connectivity index (χ2n) is 4.39. The minimum atomic E-state index is -0.849. The lowest BCUT2D eigenvalue weighted by Gasteiger charge is -2.02. The molecule has 2 aromatic rings. The highest BCUT2D eigenvalue weighted by Gasteiger charge is 2.32. The Bertz CT molecular complexity index is 671. The van der Waals surface area contributed by atoms with Crippen LogP contribution in [0.2, 0.25) is 5.02 Å². The van der Waals surface area contributed by atoms with Crippen LogP contribution in [0.1, 0.15) is 22.9 Å². The first kappa shape index (κ1) is 12.6. The highest BCUT2D eigenvalue weighted by Crippen LogP contribution is 2.40. The maximum Gasteiger partial charge on any atom is 0.312 e. The average Bonchev–Trinajstić information content (AvgIpc) is 2.91. The topological polar surface area (TPSA) is 50.2 Å². The van der Waals surface area contributed by atoms with E-state index < -0.39 is 17.7 Å². The van der Waals surface area contributed by atoms with E-state index in [1.165, 1.54) is 23.5 Å².